The molecule has 0 aliphatic carbocycles. The molecular weight excluding hydrogens is 264 g/mol. The van der Waals surface area contributed by atoms with Crippen molar-refractivity contribution in [2.45, 2.75) is 32.2 Å². The summed E-state index contributed by atoms with van der Waals surface area (Å²) in [6.07, 6.45) is 2.49. The molecule has 2 amide bonds. The van der Waals surface area contributed by atoms with Gasteiger partial charge < -0.3 is 15.3 Å². The molecule has 1 rings (SSSR count). The Bertz CT molecular complexity index is 393. The first-order chi connectivity index (χ1) is 9.09. The third-order valence-electron chi connectivity index (χ3n) is 2.69. The minimum absolute atomic E-state index is 0.0931. The van der Waals surface area contributed by atoms with E-state index in [0.29, 0.717) is 19.5 Å². The molecular formula is C13H20N2O3S. The number of nitrogens with zero attached hydrogens (tertiary/aromatic N) is 1. The fourth-order valence-electron chi connectivity index (χ4n) is 1.64. The molecule has 1 heterocycles. The molecule has 2 N–H and O–H groups in total. The third-order valence-corrected chi connectivity index (χ3v) is 3.42. The van der Waals surface area contributed by atoms with Crippen molar-refractivity contribution in [3.05, 3.63) is 22.4 Å². The quantitative estimate of drug-likeness (QED) is 0.721. The highest BCUT2D eigenvalue weighted by Crippen LogP contribution is 2.08. The largest absolute Gasteiger partial charge is 0.481 e. The molecule has 5 nitrogen and oxygen atoms in total. The maximum atomic E-state index is 11.7. The van der Waals surface area contributed by atoms with E-state index in [2.05, 4.69) is 5.32 Å². The van der Waals surface area contributed by atoms with Crippen LogP contribution in [0, 0.1) is 0 Å². The Balaban J connectivity index is 2.08. The van der Waals surface area contributed by atoms with E-state index in [4.69, 9.17) is 5.11 Å². The van der Waals surface area contributed by atoms with Crippen LogP contribution in [0.5, 0.6) is 0 Å². The summed E-state index contributed by atoms with van der Waals surface area (Å²) in [6, 6.07) is 1.91. The first kappa shape index (κ1) is 15.5. The molecule has 0 saturated heterocycles. The predicted octanol–water partition coefficient (Wildman–Crippen LogP) is 2.53. The van der Waals surface area contributed by atoms with Crippen molar-refractivity contribution < 1.29 is 14.7 Å². The van der Waals surface area contributed by atoms with Gasteiger partial charge in [-0.05, 0) is 35.2 Å². The van der Waals surface area contributed by atoms with E-state index in [1.807, 2.05) is 16.8 Å². The summed E-state index contributed by atoms with van der Waals surface area (Å²) in [5.74, 6) is -0.764. The van der Waals surface area contributed by atoms with Gasteiger partial charge in [-0.15, -0.1) is 0 Å². The number of carbonyl (C=O) groups is 2. The van der Waals surface area contributed by atoms with Gasteiger partial charge in [0.25, 0.3) is 0 Å². The Morgan fingerprint density at radius 2 is 2.16 bits per heavy atom. The summed E-state index contributed by atoms with van der Waals surface area (Å²) in [4.78, 5) is 23.7. The third kappa shape index (κ3) is 6.81. The van der Waals surface area contributed by atoms with E-state index in [0.717, 1.165) is 18.4 Å². The minimum atomic E-state index is -0.764. The number of rotatable bonds is 8. The predicted molar refractivity (Wildman–Crippen MR) is 75.3 cm³/mol. The van der Waals surface area contributed by atoms with E-state index in [9.17, 15) is 9.59 Å². The smallest absolute Gasteiger partial charge is 0.317 e. The van der Waals surface area contributed by atoms with Gasteiger partial charge in [0.15, 0.2) is 0 Å². The zero-order valence-electron chi connectivity index (χ0n) is 11.1. The van der Waals surface area contributed by atoms with E-state index in [-0.39, 0.29) is 12.5 Å². The van der Waals surface area contributed by atoms with Crippen molar-refractivity contribution in [3.8, 4) is 0 Å². The van der Waals surface area contributed by atoms with E-state index < -0.39 is 5.97 Å². The van der Waals surface area contributed by atoms with Crippen LogP contribution in [0.3, 0.4) is 0 Å². The number of thiophene rings is 1. The van der Waals surface area contributed by atoms with Crippen LogP contribution in [0.1, 0.15) is 31.2 Å². The Morgan fingerprint density at radius 1 is 1.37 bits per heavy atom. The topological polar surface area (TPSA) is 69.6 Å². The van der Waals surface area contributed by atoms with Crippen molar-refractivity contribution in [3.63, 3.8) is 0 Å². The normalized spacial score (nSPS) is 10.2. The summed E-state index contributed by atoms with van der Waals surface area (Å²) in [7, 11) is 1.76. The number of urea groups is 1. The van der Waals surface area contributed by atoms with Crippen LogP contribution < -0.4 is 5.32 Å². The number of hydrogen-bond donors (Lipinski definition) is 2. The number of carbonyl (C=O) groups excluding carboxylic acids is 1. The number of carboxylic acid groups (broad SMARTS) is 1. The Morgan fingerprint density at radius 3 is 2.79 bits per heavy atom. The molecule has 6 heteroatoms. The zero-order valence-corrected chi connectivity index (χ0v) is 11.9. The van der Waals surface area contributed by atoms with Gasteiger partial charge in [-0.2, -0.15) is 11.3 Å². The van der Waals surface area contributed by atoms with Gasteiger partial charge in [0.2, 0.25) is 0 Å². The molecule has 0 radical (unpaired) electrons. The number of carboxylic acids is 1. The average Bonchev–Trinajstić information content (AvgIpc) is 2.85. The minimum Gasteiger partial charge on any atom is -0.481 e. The molecule has 0 atom stereocenters. The number of amides is 2. The Kier molecular flexibility index (Phi) is 6.95. The summed E-state index contributed by atoms with van der Waals surface area (Å²) < 4.78 is 0. The monoisotopic (exact) mass is 284 g/mol. The molecule has 0 aliphatic heterocycles. The van der Waals surface area contributed by atoms with Gasteiger partial charge >= 0.3 is 12.0 Å². The fraction of sp³-hybridized carbons (Fsp3) is 0.538. The molecule has 0 spiro atoms. The van der Waals surface area contributed by atoms with E-state index in [1.165, 1.54) is 0 Å². The molecule has 0 fully saturated rings. The second-order valence-corrected chi connectivity index (χ2v) is 5.20. The van der Waals surface area contributed by atoms with Crippen LogP contribution in [0.2, 0.25) is 0 Å². The van der Waals surface area contributed by atoms with Crippen LogP contribution in [-0.2, 0) is 11.3 Å². The van der Waals surface area contributed by atoms with Gasteiger partial charge in [-0.3, -0.25) is 4.79 Å². The average molecular weight is 284 g/mol. The first-order valence-electron chi connectivity index (χ1n) is 6.31. The molecule has 0 saturated carbocycles. The van der Waals surface area contributed by atoms with Crippen molar-refractivity contribution in [1.82, 2.24) is 10.2 Å². The van der Waals surface area contributed by atoms with Crippen LogP contribution >= 0.6 is 11.3 Å². The maximum absolute atomic E-state index is 11.7. The molecule has 106 valence electrons. The summed E-state index contributed by atoms with van der Waals surface area (Å²) in [6.45, 7) is 1.20. The maximum Gasteiger partial charge on any atom is 0.317 e. The highest BCUT2D eigenvalue weighted by molar-refractivity contribution is 7.07. The molecule has 0 unspecified atom stereocenters. The van der Waals surface area contributed by atoms with Crippen molar-refractivity contribution in [2.75, 3.05) is 13.6 Å². The van der Waals surface area contributed by atoms with E-state index in [1.54, 1.807) is 23.3 Å². The Labute approximate surface area is 117 Å². The number of unbranched alkanes of at least 4 members (excludes halogenated alkanes) is 2. The number of hydrogen-bond acceptors (Lipinski definition) is 3. The molecule has 0 aliphatic rings. The van der Waals surface area contributed by atoms with Gasteiger partial charge in [0, 0.05) is 26.6 Å². The van der Waals surface area contributed by atoms with Gasteiger partial charge in [0.1, 0.15) is 0 Å². The molecule has 0 bridgehead atoms. The SMILES string of the molecule is CN(Cc1ccsc1)C(=O)NCCCCCC(=O)O. The van der Waals surface area contributed by atoms with Crippen LogP contribution in [0.15, 0.2) is 16.8 Å². The van der Waals surface area contributed by atoms with Crippen LogP contribution in [0.25, 0.3) is 0 Å². The van der Waals surface area contributed by atoms with Gasteiger partial charge in [-0.1, -0.05) is 6.42 Å². The highest BCUT2D eigenvalue weighted by atomic mass is 32.1. The van der Waals surface area contributed by atoms with Crippen LogP contribution in [0.4, 0.5) is 4.79 Å². The lowest BCUT2D eigenvalue weighted by molar-refractivity contribution is -0.137. The lowest BCUT2D eigenvalue weighted by Gasteiger charge is -2.17. The summed E-state index contributed by atoms with van der Waals surface area (Å²) in [5.41, 5.74) is 1.13. The lowest BCUT2D eigenvalue weighted by atomic mass is 10.2. The standard InChI is InChI=1S/C13H20N2O3S/c1-15(9-11-6-8-19-10-11)13(18)14-7-4-2-3-5-12(16)17/h6,8,10H,2-5,7,9H2,1H3,(H,14,18)(H,16,17). The second kappa shape index (κ2) is 8.53. The van der Waals surface area contributed by atoms with Gasteiger partial charge in [-0.25, -0.2) is 4.79 Å². The molecule has 0 aromatic carbocycles. The van der Waals surface area contributed by atoms with E-state index >= 15 is 0 Å². The van der Waals surface area contributed by atoms with Crippen molar-refractivity contribution >= 4 is 23.3 Å². The highest BCUT2D eigenvalue weighted by Gasteiger charge is 2.08. The zero-order chi connectivity index (χ0) is 14.1. The summed E-state index contributed by atoms with van der Waals surface area (Å²) >= 11 is 1.62. The molecule has 1 aromatic heterocycles. The second-order valence-electron chi connectivity index (χ2n) is 4.42. The Hall–Kier alpha value is -1.56. The summed E-state index contributed by atoms with van der Waals surface area (Å²) in [5, 5.41) is 15.3. The number of nitrogens with one attached hydrogen (secondary N) is 1. The fourth-order valence-corrected chi connectivity index (χ4v) is 2.30. The number of aliphatic carboxylic acids is 1. The van der Waals surface area contributed by atoms with Crippen molar-refractivity contribution in [1.29, 1.82) is 0 Å². The van der Waals surface area contributed by atoms with Crippen molar-refractivity contribution in [2.24, 2.45) is 0 Å². The first-order valence-corrected chi connectivity index (χ1v) is 7.25. The molecule has 1 aromatic rings. The lowest BCUT2D eigenvalue weighted by Crippen LogP contribution is -2.37. The molecule has 19 heavy (non-hydrogen) atoms. The van der Waals surface area contributed by atoms with Crippen LogP contribution in [-0.4, -0.2) is 35.6 Å². The van der Waals surface area contributed by atoms with Gasteiger partial charge in [0.05, 0.1) is 0 Å².